The Hall–Kier alpha value is -3.34. The molecule has 1 heterocycles. The summed E-state index contributed by atoms with van der Waals surface area (Å²) in [6, 6.07) is 3.62. The number of rotatable bonds is 1. The molecule has 0 N–H and O–H groups in total. The minimum atomic E-state index is -0.336. The van der Waals surface area contributed by atoms with Gasteiger partial charge in [0.1, 0.15) is 5.69 Å². The molecule has 0 fully saturated rings. The molecule has 0 saturated carbocycles. The predicted molar refractivity (Wildman–Crippen MR) is 92.7 cm³/mol. The number of ketones is 3. The van der Waals surface area contributed by atoms with Crippen LogP contribution >= 0.6 is 0 Å². The van der Waals surface area contributed by atoms with Gasteiger partial charge in [0.25, 0.3) is 0 Å². The number of allylic oxidation sites excluding steroid dienone is 1. The molecule has 2 aromatic rings. The van der Waals surface area contributed by atoms with E-state index in [1.807, 2.05) is 6.07 Å². The monoisotopic (exact) mass is 331 g/mol. The highest BCUT2D eigenvalue weighted by Crippen LogP contribution is 2.31. The number of fused-ring (bicyclic) bond motifs is 4. The third-order valence-corrected chi connectivity index (χ3v) is 4.49. The molecule has 1 aromatic heterocycles. The van der Waals surface area contributed by atoms with E-state index in [4.69, 9.17) is 0 Å². The molecule has 4 rings (SSSR count). The molecule has 0 spiro atoms. The van der Waals surface area contributed by atoms with Crippen LogP contribution in [-0.2, 0) is 4.79 Å². The zero-order valence-corrected chi connectivity index (χ0v) is 13.6. The molecule has 2 aliphatic rings. The van der Waals surface area contributed by atoms with Crippen LogP contribution in [0.15, 0.2) is 24.4 Å². The van der Waals surface area contributed by atoms with E-state index in [-0.39, 0.29) is 29.0 Å². The maximum absolute atomic E-state index is 12.6. The molecule has 0 radical (unpaired) electrons. The van der Waals surface area contributed by atoms with Crippen molar-refractivity contribution in [3.63, 3.8) is 0 Å². The van der Waals surface area contributed by atoms with E-state index in [1.54, 1.807) is 12.1 Å². The van der Waals surface area contributed by atoms with Gasteiger partial charge in [-0.1, -0.05) is 6.08 Å². The molecule has 5 heteroatoms. The Kier molecular flexibility index (Phi) is 3.09. The van der Waals surface area contributed by atoms with E-state index in [0.717, 1.165) is 10.8 Å². The van der Waals surface area contributed by atoms with Gasteiger partial charge >= 0.3 is 0 Å². The fraction of sp³-hybridized carbons (Fsp3) is 0.100. The molecule has 25 heavy (non-hydrogen) atoms. The Morgan fingerprint density at radius 1 is 0.960 bits per heavy atom. The molecule has 0 amide bonds. The summed E-state index contributed by atoms with van der Waals surface area (Å²) in [5.41, 5.74) is 2.50. The van der Waals surface area contributed by atoms with Gasteiger partial charge in [0.2, 0.25) is 11.7 Å². The van der Waals surface area contributed by atoms with Crippen molar-refractivity contribution in [3.05, 3.63) is 51.7 Å². The van der Waals surface area contributed by atoms with Crippen LogP contribution in [0.3, 0.4) is 0 Å². The molecule has 0 aliphatic heterocycles. The van der Waals surface area contributed by atoms with E-state index in [1.165, 1.54) is 42.8 Å². The lowest BCUT2D eigenvalue weighted by molar-refractivity contribution is -0.109. The molecule has 0 unspecified atom stereocenters. The van der Waals surface area contributed by atoms with Gasteiger partial charge in [0.05, 0.1) is 0 Å². The van der Waals surface area contributed by atoms with Crippen LogP contribution in [0.5, 0.6) is 0 Å². The Morgan fingerprint density at radius 3 is 2.40 bits per heavy atom. The second-order valence-corrected chi connectivity index (χ2v) is 6.17. The molecule has 5 nitrogen and oxygen atoms in total. The van der Waals surface area contributed by atoms with Crippen molar-refractivity contribution < 1.29 is 19.2 Å². The number of hydrogen-bond acceptors (Lipinski definition) is 4. The number of nitrogens with zero attached hydrogens (tertiary/aromatic N) is 1. The second-order valence-electron chi connectivity index (χ2n) is 6.17. The van der Waals surface area contributed by atoms with Crippen molar-refractivity contribution in [2.45, 2.75) is 13.8 Å². The van der Waals surface area contributed by atoms with Gasteiger partial charge in [-0.2, -0.15) is 0 Å². The first kappa shape index (κ1) is 15.2. The maximum Gasteiger partial charge on any atom is 0.228 e. The average Bonchev–Trinajstić information content (AvgIpc) is 2.95. The first-order valence-electron chi connectivity index (χ1n) is 7.78. The molecule has 1 aromatic carbocycles. The van der Waals surface area contributed by atoms with Crippen molar-refractivity contribution in [2.75, 3.05) is 0 Å². The zero-order valence-electron chi connectivity index (χ0n) is 13.6. The van der Waals surface area contributed by atoms with Crippen LogP contribution in [0.4, 0.5) is 0 Å². The fourth-order valence-electron chi connectivity index (χ4n) is 3.37. The third kappa shape index (κ3) is 2.16. The summed E-state index contributed by atoms with van der Waals surface area (Å²) < 4.78 is 1.22. The zero-order chi connectivity index (χ0) is 17.9. The minimum Gasteiger partial charge on any atom is -0.294 e. The van der Waals surface area contributed by atoms with Crippen LogP contribution in [0, 0.1) is 0 Å². The Bertz CT molecular complexity index is 1180. The summed E-state index contributed by atoms with van der Waals surface area (Å²) >= 11 is 0. The highest BCUT2D eigenvalue weighted by atomic mass is 16.2. The van der Waals surface area contributed by atoms with E-state index in [9.17, 15) is 19.2 Å². The second kappa shape index (κ2) is 5.08. The van der Waals surface area contributed by atoms with Crippen LogP contribution in [0.2, 0.25) is 0 Å². The highest BCUT2D eigenvalue weighted by Gasteiger charge is 2.29. The van der Waals surface area contributed by atoms with E-state index in [2.05, 4.69) is 0 Å². The van der Waals surface area contributed by atoms with Crippen molar-refractivity contribution >= 4 is 41.5 Å². The normalized spacial score (nSPS) is 14.2. The number of hydrogen-bond donors (Lipinski definition) is 0. The summed E-state index contributed by atoms with van der Waals surface area (Å²) in [7, 11) is 0. The van der Waals surface area contributed by atoms with Crippen LogP contribution in [0.1, 0.15) is 45.1 Å². The molecule has 0 bridgehead atoms. The summed E-state index contributed by atoms with van der Waals surface area (Å²) in [4.78, 5) is 48.3. The Balaban J connectivity index is 2.15. The molecular weight excluding hydrogens is 318 g/mol. The van der Waals surface area contributed by atoms with Crippen LogP contribution < -0.4 is 10.4 Å². The predicted octanol–water partition coefficient (Wildman–Crippen LogP) is 1.37. The van der Waals surface area contributed by atoms with Crippen LogP contribution in [-0.4, -0.2) is 27.8 Å². The summed E-state index contributed by atoms with van der Waals surface area (Å²) in [5.74, 6) is -0.993. The number of benzene rings is 1. The molecule has 0 saturated heterocycles. The van der Waals surface area contributed by atoms with Crippen molar-refractivity contribution in [1.29, 1.82) is 0 Å². The lowest BCUT2D eigenvalue weighted by atomic mass is 9.89. The van der Waals surface area contributed by atoms with Crippen molar-refractivity contribution in [3.8, 4) is 11.1 Å². The lowest BCUT2D eigenvalue weighted by Crippen LogP contribution is -2.25. The fourth-order valence-corrected chi connectivity index (χ4v) is 3.37. The molecule has 2 aliphatic carbocycles. The van der Waals surface area contributed by atoms with Gasteiger partial charge in [-0.15, -0.1) is 0 Å². The maximum atomic E-state index is 12.6. The third-order valence-electron chi connectivity index (χ3n) is 4.49. The number of carbonyl (C=O) groups excluding carboxylic acids is 4. The number of aromatic nitrogens is 1. The van der Waals surface area contributed by atoms with Gasteiger partial charge in [0, 0.05) is 24.2 Å². The highest BCUT2D eigenvalue weighted by molar-refractivity contribution is 6.25. The van der Waals surface area contributed by atoms with E-state index < -0.39 is 0 Å². The first-order valence-corrected chi connectivity index (χ1v) is 7.78. The summed E-state index contributed by atoms with van der Waals surface area (Å²) in [5, 5.41) is 1.40. The van der Waals surface area contributed by atoms with Crippen LogP contribution in [0.25, 0.3) is 29.4 Å². The molecule has 122 valence electrons. The smallest absolute Gasteiger partial charge is 0.228 e. The SMILES string of the molecule is CC(=O)c1cn(C(C)=O)c2c1-c1cc3c(cc1=CC2=O)C=CC(=O)C=3. The van der Waals surface area contributed by atoms with Gasteiger partial charge in [-0.25, -0.2) is 0 Å². The van der Waals surface area contributed by atoms with Gasteiger partial charge < -0.3 is 0 Å². The molecular formula is C20H13NO4. The summed E-state index contributed by atoms with van der Waals surface area (Å²) in [6.07, 6.45) is 7.58. The number of carbonyl (C=O) groups is 4. The topological polar surface area (TPSA) is 73.2 Å². The van der Waals surface area contributed by atoms with Crippen molar-refractivity contribution in [2.24, 2.45) is 0 Å². The Morgan fingerprint density at radius 2 is 1.72 bits per heavy atom. The average molecular weight is 331 g/mol. The van der Waals surface area contributed by atoms with Gasteiger partial charge in [-0.05, 0) is 58.8 Å². The number of Topliss-reactive ketones (excluding diaryl/α,β-unsaturated/α-hetero) is 2. The Labute approximate surface area is 142 Å². The first-order chi connectivity index (χ1) is 11.9. The largest absolute Gasteiger partial charge is 0.294 e. The lowest BCUT2D eigenvalue weighted by Gasteiger charge is -2.14. The minimum absolute atomic E-state index is 0.114. The van der Waals surface area contributed by atoms with E-state index in [0.29, 0.717) is 21.9 Å². The van der Waals surface area contributed by atoms with Gasteiger partial charge in [0.15, 0.2) is 11.6 Å². The van der Waals surface area contributed by atoms with Gasteiger partial charge in [-0.3, -0.25) is 23.7 Å². The van der Waals surface area contributed by atoms with E-state index >= 15 is 0 Å². The van der Waals surface area contributed by atoms with Crippen molar-refractivity contribution in [1.82, 2.24) is 4.57 Å². The summed E-state index contributed by atoms with van der Waals surface area (Å²) in [6.45, 7) is 2.75. The standard InChI is InChI=1S/C20H13NO4/c1-10(22)17-9-21(11(2)23)20-18(25)8-14-5-12-3-4-15(24)6-13(12)7-16(14)19(17)20/h3-9H,1-2H3. The quantitative estimate of drug-likeness (QED) is 0.740. The molecule has 0 atom stereocenters.